The molecule has 3 N–H and O–H groups in total. The Hall–Kier alpha value is -1.75. The summed E-state index contributed by atoms with van der Waals surface area (Å²) in [6.45, 7) is 2.97. The highest BCUT2D eigenvalue weighted by Crippen LogP contribution is 2.24. The van der Waals surface area contributed by atoms with Gasteiger partial charge in [0.1, 0.15) is 11.8 Å². The molecule has 1 atom stereocenters. The van der Waals surface area contributed by atoms with E-state index in [-0.39, 0.29) is 11.9 Å². The second kappa shape index (κ2) is 9.66. The smallest absolute Gasteiger partial charge is 0.275 e. The van der Waals surface area contributed by atoms with Gasteiger partial charge in [0.2, 0.25) is 0 Å². The molecule has 134 valence electrons. The molecule has 0 radical (unpaired) electrons. The van der Waals surface area contributed by atoms with Crippen molar-refractivity contribution in [2.75, 3.05) is 20.2 Å². The van der Waals surface area contributed by atoms with E-state index in [1.165, 1.54) is 0 Å². The summed E-state index contributed by atoms with van der Waals surface area (Å²) in [6.07, 6.45) is 0.786. The molecule has 25 heavy (non-hydrogen) atoms. The van der Waals surface area contributed by atoms with Crippen LogP contribution in [0.3, 0.4) is 0 Å². The number of carbonyl (C=O) groups excluding carboxylic acids is 1. The molecule has 0 aromatic heterocycles. The van der Waals surface area contributed by atoms with Crippen LogP contribution in [0.5, 0.6) is 5.75 Å². The van der Waals surface area contributed by atoms with E-state index in [4.69, 9.17) is 27.9 Å². The van der Waals surface area contributed by atoms with Crippen molar-refractivity contribution in [1.82, 2.24) is 5.32 Å². The standard InChI is InChI=1S/C19H22Cl2N2O2/c1-13(17-8-5-15(20)11-18(17)21)23-12-19(24)22-10-9-14-3-6-16(25-2)7-4-14/h3-8,11,13,23H,9-10,12H2,1-2H3,(H,22,24)/p+1/t13-/m1/s1. The first-order chi connectivity index (χ1) is 12.0. The van der Waals surface area contributed by atoms with Crippen molar-refractivity contribution < 1.29 is 14.8 Å². The molecule has 0 heterocycles. The fourth-order valence-corrected chi connectivity index (χ4v) is 3.07. The number of rotatable bonds is 8. The van der Waals surface area contributed by atoms with Crippen LogP contribution in [0.2, 0.25) is 10.0 Å². The molecule has 6 heteroatoms. The summed E-state index contributed by atoms with van der Waals surface area (Å²) in [5, 5.41) is 6.12. The lowest BCUT2D eigenvalue weighted by atomic mass is 10.1. The molecule has 2 aromatic rings. The number of hydrogen-bond donors (Lipinski definition) is 2. The molecule has 4 nitrogen and oxygen atoms in total. The Balaban J connectivity index is 1.72. The predicted molar refractivity (Wildman–Crippen MR) is 101 cm³/mol. The lowest BCUT2D eigenvalue weighted by Gasteiger charge is -2.13. The zero-order chi connectivity index (χ0) is 18.2. The van der Waals surface area contributed by atoms with E-state index < -0.39 is 0 Å². The largest absolute Gasteiger partial charge is 0.497 e. The molecule has 0 fully saturated rings. The summed E-state index contributed by atoms with van der Waals surface area (Å²) < 4.78 is 5.13. The van der Waals surface area contributed by atoms with Crippen LogP contribution in [-0.2, 0) is 11.2 Å². The fourth-order valence-electron chi connectivity index (χ4n) is 2.49. The maximum Gasteiger partial charge on any atom is 0.275 e. The van der Waals surface area contributed by atoms with Crippen LogP contribution < -0.4 is 15.4 Å². The van der Waals surface area contributed by atoms with E-state index in [2.05, 4.69) is 5.32 Å². The Bertz CT molecular complexity index is 705. The quantitative estimate of drug-likeness (QED) is 0.738. The van der Waals surface area contributed by atoms with Gasteiger partial charge < -0.3 is 15.4 Å². The normalized spacial score (nSPS) is 11.8. The average molecular weight is 382 g/mol. The molecule has 0 aliphatic rings. The summed E-state index contributed by atoms with van der Waals surface area (Å²) in [5.74, 6) is 0.836. The highest BCUT2D eigenvalue weighted by molar-refractivity contribution is 6.35. The molecule has 2 rings (SSSR count). The molecule has 0 saturated heterocycles. The van der Waals surface area contributed by atoms with Crippen LogP contribution >= 0.6 is 23.2 Å². The van der Waals surface area contributed by atoms with Crippen LogP contribution in [0.15, 0.2) is 42.5 Å². The third-order valence-corrected chi connectivity index (χ3v) is 4.57. The van der Waals surface area contributed by atoms with Crippen LogP contribution in [-0.4, -0.2) is 26.1 Å². The second-order valence-electron chi connectivity index (χ2n) is 5.84. The minimum absolute atomic E-state index is 0.00504. The van der Waals surface area contributed by atoms with Crippen molar-refractivity contribution in [3.8, 4) is 5.75 Å². The molecule has 0 saturated carbocycles. The van der Waals surface area contributed by atoms with E-state index in [1.54, 1.807) is 13.2 Å². The van der Waals surface area contributed by atoms with E-state index in [0.717, 1.165) is 23.3 Å². The number of methoxy groups -OCH3 is 1. The third kappa shape index (κ3) is 6.24. The van der Waals surface area contributed by atoms with Gasteiger partial charge in [0.15, 0.2) is 6.54 Å². The van der Waals surface area contributed by atoms with Gasteiger partial charge in [-0.05, 0) is 43.2 Å². The van der Waals surface area contributed by atoms with Gasteiger partial charge in [-0.15, -0.1) is 0 Å². The van der Waals surface area contributed by atoms with Gasteiger partial charge in [-0.3, -0.25) is 4.79 Å². The molecule has 0 aliphatic heterocycles. The Morgan fingerprint density at radius 2 is 1.92 bits per heavy atom. The van der Waals surface area contributed by atoms with Gasteiger partial charge in [0.25, 0.3) is 5.91 Å². The Kier molecular flexibility index (Phi) is 7.56. The second-order valence-corrected chi connectivity index (χ2v) is 6.69. The Labute approximate surface area is 158 Å². The average Bonchev–Trinajstić information content (AvgIpc) is 2.60. The highest BCUT2D eigenvalue weighted by atomic mass is 35.5. The van der Waals surface area contributed by atoms with Gasteiger partial charge in [-0.25, -0.2) is 0 Å². The Morgan fingerprint density at radius 1 is 1.20 bits per heavy atom. The van der Waals surface area contributed by atoms with E-state index >= 15 is 0 Å². The number of benzene rings is 2. The first kappa shape index (κ1) is 19.6. The van der Waals surface area contributed by atoms with E-state index in [9.17, 15) is 4.79 Å². The first-order valence-corrected chi connectivity index (χ1v) is 8.93. The first-order valence-electron chi connectivity index (χ1n) is 8.17. The summed E-state index contributed by atoms with van der Waals surface area (Å²) in [5.41, 5.74) is 2.13. The van der Waals surface area contributed by atoms with Gasteiger partial charge in [-0.1, -0.05) is 41.4 Å². The van der Waals surface area contributed by atoms with Crippen molar-refractivity contribution in [2.45, 2.75) is 19.4 Å². The van der Waals surface area contributed by atoms with Crippen LogP contribution in [0, 0.1) is 0 Å². The SMILES string of the molecule is COc1ccc(CCNC(=O)C[NH2+][C@H](C)c2ccc(Cl)cc2Cl)cc1. The van der Waals surface area contributed by atoms with Gasteiger partial charge in [-0.2, -0.15) is 0 Å². The Morgan fingerprint density at radius 3 is 2.56 bits per heavy atom. The van der Waals surface area contributed by atoms with Crippen molar-refractivity contribution >= 4 is 29.1 Å². The van der Waals surface area contributed by atoms with Crippen LogP contribution in [0.1, 0.15) is 24.1 Å². The lowest BCUT2D eigenvalue weighted by Crippen LogP contribution is -2.87. The minimum Gasteiger partial charge on any atom is -0.497 e. The zero-order valence-electron chi connectivity index (χ0n) is 14.4. The van der Waals surface area contributed by atoms with E-state index in [0.29, 0.717) is 23.1 Å². The minimum atomic E-state index is 0.00504. The molecule has 0 bridgehead atoms. The predicted octanol–water partition coefficient (Wildman–Crippen LogP) is 2.99. The maximum absolute atomic E-state index is 12.0. The molecular formula is C19H23Cl2N2O2+. The highest BCUT2D eigenvalue weighted by Gasteiger charge is 2.14. The number of nitrogens with one attached hydrogen (secondary N) is 1. The molecular weight excluding hydrogens is 359 g/mol. The topological polar surface area (TPSA) is 54.9 Å². The number of amides is 1. The summed E-state index contributed by atoms with van der Waals surface area (Å²) in [7, 11) is 1.64. The summed E-state index contributed by atoms with van der Waals surface area (Å²) in [6, 6.07) is 13.3. The van der Waals surface area contributed by atoms with Gasteiger partial charge in [0, 0.05) is 17.1 Å². The number of hydrogen-bond acceptors (Lipinski definition) is 2. The molecule has 1 amide bonds. The number of quaternary nitrogens is 1. The number of carbonyl (C=O) groups is 1. The van der Waals surface area contributed by atoms with E-state index in [1.807, 2.05) is 48.6 Å². The van der Waals surface area contributed by atoms with Crippen LogP contribution in [0.25, 0.3) is 0 Å². The fraction of sp³-hybridized carbons (Fsp3) is 0.316. The zero-order valence-corrected chi connectivity index (χ0v) is 15.9. The van der Waals surface area contributed by atoms with Crippen molar-refractivity contribution in [3.05, 3.63) is 63.6 Å². The molecule has 0 spiro atoms. The molecule has 2 aromatic carbocycles. The summed E-state index contributed by atoms with van der Waals surface area (Å²) in [4.78, 5) is 12.0. The van der Waals surface area contributed by atoms with Crippen molar-refractivity contribution in [1.29, 1.82) is 0 Å². The summed E-state index contributed by atoms with van der Waals surface area (Å²) >= 11 is 12.1. The molecule has 0 aliphatic carbocycles. The number of nitrogens with two attached hydrogens (primary N) is 1. The number of ether oxygens (including phenoxy) is 1. The lowest BCUT2D eigenvalue weighted by molar-refractivity contribution is -0.682. The van der Waals surface area contributed by atoms with Gasteiger partial charge in [0.05, 0.1) is 12.1 Å². The number of halogens is 2. The monoisotopic (exact) mass is 381 g/mol. The third-order valence-electron chi connectivity index (χ3n) is 4.00. The van der Waals surface area contributed by atoms with Crippen molar-refractivity contribution in [3.63, 3.8) is 0 Å². The maximum atomic E-state index is 12.0. The molecule has 0 unspecified atom stereocenters. The van der Waals surface area contributed by atoms with Crippen LogP contribution in [0.4, 0.5) is 0 Å². The van der Waals surface area contributed by atoms with Crippen molar-refractivity contribution in [2.24, 2.45) is 0 Å². The van der Waals surface area contributed by atoms with Gasteiger partial charge >= 0.3 is 0 Å².